The van der Waals surface area contributed by atoms with E-state index >= 15 is 0 Å². The minimum absolute atomic E-state index is 0.0190. The predicted octanol–water partition coefficient (Wildman–Crippen LogP) is 0.517. The van der Waals surface area contributed by atoms with E-state index in [9.17, 15) is 9.59 Å². The van der Waals surface area contributed by atoms with Gasteiger partial charge in [-0.15, -0.1) is 0 Å². The quantitative estimate of drug-likeness (QED) is 0.786. The van der Waals surface area contributed by atoms with Gasteiger partial charge < -0.3 is 9.88 Å². The maximum Gasteiger partial charge on any atom is 0.270 e. The molecule has 82 valence electrons. The fourth-order valence-electron chi connectivity index (χ4n) is 1.23. The fourth-order valence-corrected chi connectivity index (χ4v) is 1.23. The lowest BCUT2D eigenvalue weighted by Gasteiger charge is -2.11. The van der Waals surface area contributed by atoms with Crippen LogP contribution < -0.4 is 5.32 Å². The first-order valence-corrected chi connectivity index (χ1v) is 4.86. The van der Waals surface area contributed by atoms with Crippen molar-refractivity contribution in [1.82, 2.24) is 14.9 Å². The van der Waals surface area contributed by atoms with Crippen molar-refractivity contribution in [2.45, 2.75) is 26.3 Å². The van der Waals surface area contributed by atoms with Crippen LogP contribution in [0.4, 0.5) is 0 Å². The van der Waals surface area contributed by atoms with Gasteiger partial charge in [0.15, 0.2) is 5.78 Å². The minimum Gasteiger partial charge on any atom is -0.341 e. The lowest BCUT2D eigenvalue weighted by molar-refractivity contribution is -0.120. The first kappa shape index (κ1) is 11.4. The van der Waals surface area contributed by atoms with Gasteiger partial charge in [-0.05, 0) is 6.92 Å². The molecule has 5 heteroatoms. The SMILES string of the molecule is CCC(=O)C(C)NC(=O)c1cncn1C. The van der Waals surface area contributed by atoms with Crippen LogP contribution in [0.15, 0.2) is 12.5 Å². The monoisotopic (exact) mass is 209 g/mol. The highest BCUT2D eigenvalue weighted by molar-refractivity contribution is 5.96. The molecule has 0 fully saturated rings. The molecule has 1 unspecified atom stereocenters. The van der Waals surface area contributed by atoms with Gasteiger partial charge in [0, 0.05) is 13.5 Å². The standard InChI is InChI=1S/C10H15N3O2/c1-4-9(14)7(2)12-10(15)8-5-11-6-13(8)3/h5-7H,4H2,1-3H3,(H,12,15). The summed E-state index contributed by atoms with van der Waals surface area (Å²) in [5.74, 6) is -0.255. The van der Waals surface area contributed by atoms with Crippen molar-refractivity contribution in [3.8, 4) is 0 Å². The molecule has 1 aromatic rings. The third-order valence-corrected chi connectivity index (χ3v) is 2.23. The van der Waals surface area contributed by atoms with E-state index in [4.69, 9.17) is 0 Å². The molecule has 1 N–H and O–H groups in total. The van der Waals surface area contributed by atoms with E-state index in [1.165, 1.54) is 6.20 Å². The molecule has 1 rings (SSSR count). The van der Waals surface area contributed by atoms with Gasteiger partial charge in [-0.25, -0.2) is 4.98 Å². The molecule has 1 heterocycles. The molecule has 1 atom stereocenters. The first-order valence-electron chi connectivity index (χ1n) is 4.86. The van der Waals surface area contributed by atoms with Crippen molar-refractivity contribution < 1.29 is 9.59 Å². The van der Waals surface area contributed by atoms with Crippen LogP contribution in [0.1, 0.15) is 30.8 Å². The summed E-state index contributed by atoms with van der Waals surface area (Å²) in [7, 11) is 1.73. The number of nitrogens with one attached hydrogen (secondary N) is 1. The number of nitrogens with zero attached hydrogens (tertiary/aromatic N) is 2. The summed E-state index contributed by atoms with van der Waals surface area (Å²) in [5, 5.41) is 2.62. The zero-order valence-corrected chi connectivity index (χ0v) is 9.15. The second-order valence-corrected chi connectivity index (χ2v) is 3.40. The van der Waals surface area contributed by atoms with Crippen LogP contribution in [0.3, 0.4) is 0 Å². The van der Waals surface area contributed by atoms with Crippen molar-refractivity contribution in [2.75, 3.05) is 0 Å². The van der Waals surface area contributed by atoms with E-state index in [1.807, 2.05) is 0 Å². The zero-order chi connectivity index (χ0) is 11.4. The van der Waals surface area contributed by atoms with Gasteiger partial charge in [-0.2, -0.15) is 0 Å². The number of Topliss-reactive ketones (excluding diaryl/α,β-unsaturated/α-hetero) is 1. The molecule has 0 saturated heterocycles. The number of carbonyl (C=O) groups is 2. The van der Waals surface area contributed by atoms with Crippen LogP contribution in [-0.2, 0) is 11.8 Å². The molecule has 0 spiro atoms. The van der Waals surface area contributed by atoms with Gasteiger partial charge in [-0.1, -0.05) is 6.92 Å². The van der Waals surface area contributed by atoms with Crippen LogP contribution in [0.5, 0.6) is 0 Å². The molecule has 0 bridgehead atoms. The Bertz CT molecular complexity index is 370. The van der Waals surface area contributed by atoms with Crippen molar-refractivity contribution in [3.05, 3.63) is 18.2 Å². The van der Waals surface area contributed by atoms with Crippen LogP contribution in [-0.4, -0.2) is 27.3 Å². The number of hydrogen-bond donors (Lipinski definition) is 1. The summed E-state index contributed by atoms with van der Waals surface area (Å²) < 4.78 is 1.61. The predicted molar refractivity (Wildman–Crippen MR) is 55.4 cm³/mol. The van der Waals surface area contributed by atoms with Crippen molar-refractivity contribution in [2.24, 2.45) is 7.05 Å². The maximum atomic E-state index is 11.6. The largest absolute Gasteiger partial charge is 0.341 e. The smallest absolute Gasteiger partial charge is 0.270 e. The average Bonchev–Trinajstić information content (AvgIpc) is 2.63. The van der Waals surface area contributed by atoms with Crippen molar-refractivity contribution >= 4 is 11.7 Å². The molecule has 1 aromatic heterocycles. The summed E-state index contributed by atoms with van der Waals surface area (Å²) in [6, 6.07) is -0.447. The lowest BCUT2D eigenvalue weighted by atomic mass is 10.1. The van der Waals surface area contributed by atoms with Crippen molar-refractivity contribution in [3.63, 3.8) is 0 Å². The van der Waals surface area contributed by atoms with Crippen molar-refractivity contribution in [1.29, 1.82) is 0 Å². The number of imidazole rings is 1. The molecule has 5 nitrogen and oxygen atoms in total. The Labute approximate surface area is 88.5 Å². The third kappa shape index (κ3) is 2.65. The van der Waals surface area contributed by atoms with E-state index in [0.717, 1.165) is 0 Å². The number of aromatic nitrogens is 2. The Balaban J connectivity index is 2.64. The molecule has 1 amide bonds. The lowest BCUT2D eigenvalue weighted by Crippen LogP contribution is -2.38. The molecule has 0 saturated carbocycles. The highest BCUT2D eigenvalue weighted by Gasteiger charge is 2.16. The fraction of sp³-hybridized carbons (Fsp3) is 0.500. The van der Waals surface area contributed by atoms with Gasteiger partial charge in [-0.3, -0.25) is 9.59 Å². The first-order chi connectivity index (χ1) is 7.06. The summed E-state index contributed by atoms with van der Waals surface area (Å²) >= 11 is 0. The Kier molecular flexibility index (Phi) is 3.60. The second kappa shape index (κ2) is 4.72. The normalized spacial score (nSPS) is 12.2. The van der Waals surface area contributed by atoms with Gasteiger partial charge >= 0.3 is 0 Å². The number of aryl methyl sites for hydroxylation is 1. The number of hydrogen-bond acceptors (Lipinski definition) is 3. The Morgan fingerprint density at radius 2 is 2.27 bits per heavy atom. The topological polar surface area (TPSA) is 64.0 Å². The summed E-state index contributed by atoms with van der Waals surface area (Å²) in [6.45, 7) is 3.45. The Morgan fingerprint density at radius 3 is 2.73 bits per heavy atom. The molecular weight excluding hydrogens is 194 g/mol. The van der Waals surface area contributed by atoms with Gasteiger partial charge in [0.1, 0.15) is 5.69 Å². The maximum absolute atomic E-state index is 11.6. The van der Waals surface area contributed by atoms with Crippen LogP contribution in [0.25, 0.3) is 0 Å². The Hall–Kier alpha value is -1.65. The molecule has 0 radical (unpaired) electrons. The van der Waals surface area contributed by atoms with Crippen LogP contribution >= 0.6 is 0 Å². The van der Waals surface area contributed by atoms with Gasteiger partial charge in [0.2, 0.25) is 0 Å². The van der Waals surface area contributed by atoms with E-state index in [1.54, 1.807) is 31.8 Å². The molecule has 0 aliphatic carbocycles. The summed E-state index contributed by atoms with van der Waals surface area (Å²) in [6.07, 6.45) is 3.44. The minimum atomic E-state index is -0.447. The van der Waals surface area contributed by atoms with Crippen LogP contribution in [0.2, 0.25) is 0 Å². The van der Waals surface area contributed by atoms with E-state index in [2.05, 4.69) is 10.3 Å². The Morgan fingerprint density at radius 1 is 1.60 bits per heavy atom. The van der Waals surface area contributed by atoms with Gasteiger partial charge in [0.05, 0.1) is 18.6 Å². The highest BCUT2D eigenvalue weighted by Crippen LogP contribution is 1.98. The molecule has 0 aliphatic rings. The number of rotatable bonds is 4. The number of amides is 1. The van der Waals surface area contributed by atoms with Gasteiger partial charge in [0.25, 0.3) is 5.91 Å². The molecule has 0 aliphatic heterocycles. The van der Waals surface area contributed by atoms with E-state index < -0.39 is 6.04 Å². The number of ketones is 1. The summed E-state index contributed by atoms with van der Waals surface area (Å²) in [4.78, 5) is 26.7. The van der Waals surface area contributed by atoms with E-state index in [-0.39, 0.29) is 11.7 Å². The molecule has 15 heavy (non-hydrogen) atoms. The van der Waals surface area contributed by atoms with E-state index in [0.29, 0.717) is 12.1 Å². The van der Waals surface area contributed by atoms with Crippen LogP contribution in [0, 0.1) is 0 Å². The third-order valence-electron chi connectivity index (χ3n) is 2.23. The highest BCUT2D eigenvalue weighted by atomic mass is 16.2. The number of carbonyl (C=O) groups excluding carboxylic acids is 2. The molecule has 0 aromatic carbocycles. The zero-order valence-electron chi connectivity index (χ0n) is 9.15. The second-order valence-electron chi connectivity index (χ2n) is 3.40. The average molecular weight is 209 g/mol. The summed E-state index contributed by atoms with van der Waals surface area (Å²) in [5.41, 5.74) is 0.450. The molecular formula is C10H15N3O2.